The van der Waals surface area contributed by atoms with Gasteiger partial charge in [0.1, 0.15) is 0 Å². The van der Waals surface area contributed by atoms with E-state index in [4.69, 9.17) is 5.11 Å². The zero-order valence-electron chi connectivity index (χ0n) is 8.70. The molecule has 1 heterocycles. The number of nitrogens with zero attached hydrogens (tertiary/aromatic N) is 2. The van der Waals surface area contributed by atoms with Crippen LogP contribution in [0.1, 0.15) is 12.5 Å². The molecule has 0 atom stereocenters. The Hall–Kier alpha value is -1.35. The van der Waals surface area contributed by atoms with Crippen molar-refractivity contribution in [2.75, 3.05) is 18.5 Å². The van der Waals surface area contributed by atoms with Gasteiger partial charge in [-0.1, -0.05) is 12.2 Å². The van der Waals surface area contributed by atoms with Gasteiger partial charge in [-0.2, -0.15) is 0 Å². The summed E-state index contributed by atoms with van der Waals surface area (Å²) in [4.78, 5) is 6.07. The van der Waals surface area contributed by atoms with E-state index in [1.54, 1.807) is 12.4 Å². The summed E-state index contributed by atoms with van der Waals surface area (Å²) in [6, 6.07) is 1.82. The van der Waals surface area contributed by atoms with Gasteiger partial charge in [-0.05, 0) is 13.0 Å². The van der Waals surface area contributed by atoms with Crippen molar-refractivity contribution in [1.29, 1.82) is 0 Å². The minimum absolute atomic E-state index is 0.0401. The van der Waals surface area contributed by atoms with Crippen LogP contribution in [0.5, 0.6) is 0 Å². The fraction of sp³-hybridized carbons (Fsp3) is 0.364. The van der Waals surface area contributed by atoms with Crippen molar-refractivity contribution >= 4 is 5.69 Å². The first kappa shape index (κ1) is 10.7. The van der Waals surface area contributed by atoms with E-state index < -0.39 is 0 Å². The topological polar surface area (TPSA) is 36.4 Å². The molecule has 3 nitrogen and oxygen atoms in total. The lowest BCUT2D eigenvalue weighted by Crippen LogP contribution is -2.20. The summed E-state index contributed by atoms with van der Waals surface area (Å²) in [6.45, 7) is 6.65. The maximum Gasteiger partial charge on any atom is 0.0703 e. The molecular formula is C11H16N2O. The summed E-state index contributed by atoms with van der Waals surface area (Å²) >= 11 is 0. The van der Waals surface area contributed by atoms with Gasteiger partial charge in [-0.15, -0.1) is 0 Å². The molecule has 0 amide bonds. The van der Waals surface area contributed by atoms with Crippen LogP contribution in [-0.4, -0.2) is 23.7 Å². The van der Waals surface area contributed by atoms with Crippen molar-refractivity contribution in [3.05, 3.63) is 36.2 Å². The Morgan fingerprint density at radius 3 is 2.93 bits per heavy atom. The maximum atomic E-state index is 9.12. The van der Waals surface area contributed by atoms with E-state index in [0.717, 1.165) is 23.4 Å². The standard InChI is InChI=1S/C11H16N2O/c1-9(2)7-13(3)11-6-12-5-4-10(11)8-14/h4-6,14H,1,7-8H2,2-3H3. The van der Waals surface area contributed by atoms with E-state index in [9.17, 15) is 0 Å². The molecule has 76 valence electrons. The van der Waals surface area contributed by atoms with Crippen LogP contribution in [0.4, 0.5) is 5.69 Å². The second-order valence-corrected chi connectivity index (χ2v) is 3.48. The highest BCUT2D eigenvalue weighted by atomic mass is 16.3. The molecule has 0 spiro atoms. The Labute approximate surface area is 84.7 Å². The molecule has 0 aliphatic rings. The van der Waals surface area contributed by atoms with Crippen molar-refractivity contribution in [3.63, 3.8) is 0 Å². The lowest BCUT2D eigenvalue weighted by molar-refractivity contribution is 0.282. The molecule has 0 saturated carbocycles. The number of pyridine rings is 1. The summed E-state index contributed by atoms with van der Waals surface area (Å²) in [7, 11) is 1.96. The quantitative estimate of drug-likeness (QED) is 0.736. The smallest absolute Gasteiger partial charge is 0.0703 e. The summed E-state index contributed by atoms with van der Waals surface area (Å²) in [6.07, 6.45) is 3.44. The zero-order chi connectivity index (χ0) is 10.6. The molecule has 3 heteroatoms. The van der Waals surface area contributed by atoms with Crippen LogP contribution in [0, 0.1) is 0 Å². The lowest BCUT2D eigenvalue weighted by Gasteiger charge is -2.21. The van der Waals surface area contributed by atoms with Gasteiger partial charge in [0.2, 0.25) is 0 Å². The normalized spacial score (nSPS) is 9.93. The van der Waals surface area contributed by atoms with Crippen LogP contribution < -0.4 is 4.90 Å². The largest absolute Gasteiger partial charge is 0.392 e. The third-order valence-corrected chi connectivity index (χ3v) is 1.98. The molecule has 0 fully saturated rings. The zero-order valence-corrected chi connectivity index (χ0v) is 8.70. The third kappa shape index (κ3) is 2.57. The van der Waals surface area contributed by atoms with Crippen LogP contribution in [0.15, 0.2) is 30.6 Å². The molecule has 0 radical (unpaired) electrons. The first-order valence-corrected chi connectivity index (χ1v) is 4.54. The highest BCUT2D eigenvalue weighted by Gasteiger charge is 2.05. The summed E-state index contributed by atoms with van der Waals surface area (Å²) in [5.41, 5.74) is 2.93. The van der Waals surface area contributed by atoms with Crippen molar-refractivity contribution in [1.82, 2.24) is 4.98 Å². The Kier molecular flexibility index (Phi) is 3.65. The second-order valence-electron chi connectivity index (χ2n) is 3.48. The molecule has 1 aromatic rings. The highest BCUT2D eigenvalue weighted by molar-refractivity contribution is 5.51. The van der Waals surface area contributed by atoms with Gasteiger partial charge in [-0.25, -0.2) is 0 Å². The number of aliphatic hydroxyl groups is 1. The van der Waals surface area contributed by atoms with E-state index in [2.05, 4.69) is 11.6 Å². The van der Waals surface area contributed by atoms with Crippen molar-refractivity contribution in [3.8, 4) is 0 Å². The number of rotatable bonds is 4. The Bertz CT molecular complexity index is 323. The number of hydrogen-bond donors (Lipinski definition) is 1. The minimum atomic E-state index is 0.0401. The SMILES string of the molecule is C=C(C)CN(C)c1cnccc1CO. The minimum Gasteiger partial charge on any atom is -0.392 e. The monoisotopic (exact) mass is 192 g/mol. The van der Waals surface area contributed by atoms with Crippen molar-refractivity contribution in [2.24, 2.45) is 0 Å². The van der Waals surface area contributed by atoms with Gasteiger partial charge in [0.05, 0.1) is 18.5 Å². The molecule has 0 unspecified atom stereocenters. The van der Waals surface area contributed by atoms with Crippen molar-refractivity contribution < 1.29 is 5.11 Å². The molecule has 0 aliphatic heterocycles. The molecule has 1 rings (SSSR count). The number of anilines is 1. The molecule has 0 aromatic carbocycles. The Balaban J connectivity index is 2.87. The van der Waals surface area contributed by atoms with E-state index in [0.29, 0.717) is 0 Å². The number of aliphatic hydroxyl groups excluding tert-OH is 1. The molecule has 0 aliphatic carbocycles. The van der Waals surface area contributed by atoms with E-state index in [1.165, 1.54) is 0 Å². The fourth-order valence-electron chi connectivity index (χ4n) is 1.38. The third-order valence-electron chi connectivity index (χ3n) is 1.98. The van der Waals surface area contributed by atoms with Gasteiger partial charge < -0.3 is 10.0 Å². The van der Waals surface area contributed by atoms with Crippen LogP contribution in [-0.2, 0) is 6.61 Å². The van der Waals surface area contributed by atoms with E-state index >= 15 is 0 Å². The molecule has 14 heavy (non-hydrogen) atoms. The number of hydrogen-bond acceptors (Lipinski definition) is 3. The highest BCUT2D eigenvalue weighted by Crippen LogP contribution is 2.18. The summed E-state index contributed by atoms with van der Waals surface area (Å²) < 4.78 is 0. The van der Waals surface area contributed by atoms with Gasteiger partial charge in [0.15, 0.2) is 0 Å². The Morgan fingerprint density at radius 1 is 1.64 bits per heavy atom. The van der Waals surface area contributed by atoms with Gasteiger partial charge in [0, 0.05) is 25.4 Å². The number of aromatic nitrogens is 1. The Morgan fingerprint density at radius 2 is 2.36 bits per heavy atom. The summed E-state index contributed by atoms with van der Waals surface area (Å²) in [5, 5.41) is 9.12. The first-order chi connectivity index (χ1) is 6.65. The molecule has 1 aromatic heterocycles. The average molecular weight is 192 g/mol. The lowest BCUT2D eigenvalue weighted by atomic mass is 10.2. The molecule has 0 bridgehead atoms. The van der Waals surface area contributed by atoms with Crippen LogP contribution in [0.2, 0.25) is 0 Å². The predicted octanol–water partition coefficient (Wildman–Crippen LogP) is 1.59. The molecule has 0 saturated heterocycles. The predicted molar refractivity (Wildman–Crippen MR) is 58.2 cm³/mol. The van der Waals surface area contributed by atoms with Crippen LogP contribution >= 0.6 is 0 Å². The van der Waals surface area contributed by atoms with E-state index in [1.807, 2.05) is 24.9 Å². The van der Waals surface area contributed by atoms with Gasteiger partial charge in [-0.3, -0.25) is 4.98 Å². The van der Waals surface area contributed by atoms with Crippen LogP contribution in [0.25, 0.3) is 0 Å². The molecular weight excluding hydrogens is 176 g/mol. The summed E-state index contributed by atoms with van der Waals surface area (Å²) in [5.74, 6) is 0. The average Bonchev–Trinajstić information content (AvgIpc) is 2.16. The van der Waals surface area contributed by atoms with Crippen LogP contribution in [0.3, 0.4) is 0 Å². The fourth-order valence-corrected chi connectivity index (χ4v) is 1.38. The van der Waals surface area contributed by atoms with Gasteiger partial charge >= 0.3 is 0 Å². The van der Waals surface area contributed by atoms with Gasteiger partial charge in [0.25, 0.3) is 0 Å². The maximum absolute atomic E-state index is 9.12. The molecule has 1 N–H and O–H groups in total. The second kappa shape index (κ2) is 4.77. The number of likely N-dealkylation sites (N-methyl/N-ethyl adjacent to an activating group) is 1. The first-order valence-electron chi connectivity index (χ1n) is 4.54. The van der Waals surface area contributed by atoms with Crippen molar-refractivity contribution in [2.45, 2.75) is 13.5 Å². The van der Waals surface area contributed by atoms with E-state index in [-0.39, 0.29) is 6.61 Å².